The van der Waals surface area contributed by atoms with Crippen LogP contribution < -0.4 is 0 Å². The third kappa shape index (κ3) is 4.27. The molecule has 2 aromatic rings. The van der Waals surface area contributed by atoms with Crippen molar-refractivity contribution in [2.75, 3.05) is 13.6 Å². The van der Waals surface area contributed by atoms with Gasteiger partial charge >= 0.3 is 0 Å². The van der Waals surface area contributed by atoms with Crippen LogP contribution in [0.2, 0.25) is 0 Å². The van der Waals surface area contributed by atoms with Gasteiger partial charge in [-0.05, 0) is 23.3 Å². The smallest absolute Gasteiger partial charge is 0.262 e. The normalized spacial score (nSPS) is 16.2. The van der Waals surface area contributed by atoms with Crippen molar-refractivity contribution in [2.24, 2.45) is 11.0 Å². The van der Waals surface area contributed by atoms with Crippen molar-refractivity contribution in [1.82, 2.24) is 9.91 Å². The first kappa shape index (κ1) is 19.7. The molecule has 0 bridgehead atoms. The summed E-state index contributed by atoms with van der Waals surface area (Å²) in [5, 5.41) is 6.00. The number of hydrogen-bond acceptors (Lipinski definition) is 3. The lowest BCUT2D eigenvalue weighted by atomic mass is 9.98. The van der Waals surface area contributed by atoms with E-state index in [9.17, 15) is 14.0 Å². The van der Waals surface area contributed by atoms with Crippen molar-refractivity contribution < 1.29 is 14.0 Å². The Kier molecular flexibility index (Phi) is 5.87. The minimum absolute atomic E-state index is 0.0411. The third-order valence-corrected chi connectivity index (χ3v) is 4.77. The Morgan fingerprint density at radius 3 is 2.39 bits per heavy atom. The number of halogens is 1. The molecule has 6 heteroatoms. The molecule has 2 aromatic carbocycles. The maximum atomic E-state index is 13.3. The highest BCUT2D eigenvalue weighted by atomic mass is 19.1. The summed E-state index contributed by atoms with van der Waals surface area (Å²) < 4.78 is 13.3. The van der Waals surface area contributed by atoms with Crippen LogP contribution in [0.15, 0.2) is 59.7 Å². The molecule has 0 unspecified atom stereocenters. The lowest BCUT2D eigenvalue weighted by Gasteiger charge is -2.25. The maximum Gasteiger partial charge on any atom is 0.262 e. The van der Waals surface area contributed by atoms with Gasteiger partial charge in [-0.1, -0.05) is 56.3 Å². The minimum Gasteiger partial charge on any atom is -0.336 e. The second kappa shape index (κ2) is 8.33. The Morgan fingerprint density at radius 1 is 1.14 bits per heavy atom. The fourth-order valence-electron chi connectivity index (χ4n) is 3.29. The maximum absolute atomic E-state index is 13.3. The number of amides is 2. The number of carbonyl (C=O) groups is 2. The van der Waals surface area contributed by atoms with E-state index in [0.29, 0.717) is 6.42 Å². The fourth-order valence-corrected chi connectivity index (χ4v) is 3.29. The number of hydrazone groups is 1. The van der Waals surface area contributed by atoms with E-state index in [-0.39, 0.29) is 36.1 Å². The zero-order valence-corrected chi connectivity index (χ0v) is 16.3. The first-order valence-corrected chi connectivity index (χ1v) is 9.32. The average molecular weight is 381 g/mol. The lowest BCUT2D eigenvalue weighted by Crippen LogP contribution is -2.40. The highest BCUT2D eigenvalue weighted by Gasteiger charge is 2.33. The monoisotopic (exact) mass is 381 g/mol. The highest BCUT2D eigenvalue weighted by Crippen LogP contribution is 2.32. The van der Waals surface area contributed by atoms with E-state index in [1.54, 1.807) is 33.0 Å². The van der Waals surface area contributed by atoms with Gasteiger partial charge in [0.1, 0.15) is 12.4 Å². The van der Waals surface area contributed by atoms with Gasteiger partial charge in [-0.3, -0.25) is 9.59 Å². The van der Waals surface area contributed by atoms with Crippen LogP contribution in [0.3, 0.4) is 0 Å². The van der Waals surface area contributed by atoms with E-state index >= 15 is 0 Å². The standard InChI is InChI=1S/C22H24FN3O2/c1-15(2)22(28)25(3)14-21(27)26-20(17-7-5-4-6-8-17)13-19(24-26)16-9-11-18(23)12-10-16/h4-12,15,20H,13-14H2,1-3H3/t20-/m0/s1. The lowest BCUT2D eigenvalue weighted by molar-refractivity contribution is -0.142. The molecule has 0 aliphatic carbocycles. The van der Waals surface area contributed by atoms with Crippen molar-refractivity contribution in [1.29, 1.82) is 0 Å². The summed E-state index contributed by atoms with van der Waals surface area (Å²) in [6, 6.07) is 15.5. The van der Waals surface area contributed by atoms with Crippen LogP contribution >= 0.6 is 0 Å². The molecule has 1 heterocycles. The van der Waals surface area contributed by atoms with Crippen LogP contribution in [0, 0.1) is 11.7 Å². The van der Waals surface area contributed by atoms with Crippen LogP contribution in [0.5, 0.6) is 0 Å². The predicted molar refractivity (Wildman–Crippen MR) is 106 cm³/mol. The molecule has 0 radical (unpaired) electrons. The topological polar surface area (TPSA) is 53.0 Å². The predicted octanol–water partition coefficient (Wildman–Crippen LogP) is 3.62. The van der Waals surface area contributed by atoms with Gasteiger partial charge in [0.05, 0.1) is 11.8 Å². The molecular formula is C22H24FN3O2. The molecule has 0 saturated carbocycles. The number of likely N-dealkylation sites (N-methyl/N-ethyl adjacent to an activating group) is 1. The largest absolute Gasteiger partial charge is 0.336 e. The second-order valence-electron chi connectivity index (χ2n) is 7.27. The number of benzene rings is 2. The Labute approximate surface area is 164 Å². The Hall–Kier alpha value is -3.02. The molecule has 146 valence electrons. The van der Waals surface area contributed by atoms with Crippen molar-refractivity contribution in [3.8, 4) is 0 Å². The summed E-state index contributed by atoms with van der Waals surface area (Å²) in [7, 11) is 1.62. The quantitative estimate of drug-likeness (QED) is 0.794. The van der Waals surface area contributed by atoms with Gasteiger partial charge in [0.15, 0.2) is 0 Å². The van der Waals surface area contributed by atoms with Crippen molar-refractivity contribution >= 4 is 17.5 Å². The van der Waals surface area contributed by atoms with Crippen LogP contribution in [-0.2, 0) is 9.59 Å². The zero-order chi connectivity index (χ0) is 20.3. The van der Waals surface area contributed by atoms with E-state index in [4.69, 9.17) is 0 Å². The molecule has 1 aliphatic rings. The average Bonchev–Trinajstić information content (AvgIpc) is 3.14. The Balaban J connectivity index is 1.87. The molecule has 0 saturated heterocycles. The summed E-state index contributed by atoms with van der Waals surface area (Å²) >= 11 is 0. The summed E-state index contributed by atoms with van der Waals surface area (Å²) in [5.74, 6) is -0.836. The van der Waals surface area contributed by atoms with E-state index in [2.05, 4.69) is 5.10 Å². The molecule has 5 nitrogen and oxygen atoms in total. The van der Waals surface area contributed by atoms with Gasteiger partial charge in [-0.25, -0.2) is 9.40 Å². The third-order valence-electron chi connectivity index (χ3n) is 4.77. The molecule has 3 rings (SSSR count). The number of carbonyl (C=O) groups excluding carboxylic acids is 2. The van der Waals surface area contributed by atoms with E-state index in [0.717, 1.165) is 16.8 Å². The van der Waals surface area contributed by atoms with Crippen LogP contribution in [-0.4, -0.2) is 41.0 Å². The fraction of sp³-hybridized carbons (Fsp3) is 0.318. The van der Waals surface area contributed by atoms with Gasteiger partial charge in [0.25, 0.3) is 5.91 Å². The van der Waals surface area contributed by atoms with Crippen molar-refractivity contribution in [2.45, 2.75) is 26.3 Å². The van der Waals surface area contributed by atoms with Gasteiger partial charge < -0.3 is 4.90 Å². The van der Waals surface area contributed by atoms with E-state index in [1.807, 2.05) is 30.3 Å². The van der Waals surface area contributed by atoms with Crippen molar-refractivity contribution in [3.05, 3.63) is 71.5 Å². The minimum atomic E-state index is -0.316. The van der Waals surface area contributed by atoms with Gasteiger partial charge in [0.2, 0.25) is 5.91 Å². The summed E-state index contributed by atoms with van der Waals surface area (Å²) in [4.78, 5) is 26.5. The molecule has 0 N–H and O–H groups in total. The zero-order valence-electron chi connectivity index (χ0n) is 16.3. The number of nitrogens with zero attached hydrogens (tertiary/aromatic N) is 3. The summed E-state index contributed by atoms with van der Waals surface area (Å²) in [6.45, 7) is 3.56. The molecule has 1 atom stereocenters. The first-order valence-electron chi connectivity index (χ1n) is 9.32. The number of hydrogen-bond donors (Lipinski definition) is 0. The molecule has 28 heavy (non-hydrogen) atoms. The highest BCUT2D eigenvalue weighted by molar-refractivity contribution is 6.03. The SMILES string of the molecule is CC(C)C(=O)N(C)CC(=O)N1N=C(c2ccc(F)cc2)C[C@H]1c1ccccc1. The Morgan fingerprint density at radius 2 is 1.79 bits per heavy atom. The molecule has 0 spiro atoms. The molecule has 0 aromatic heterocycles. The first-order chi connectivity index (χ1) is 13.4. The summed E-state index contributed by atoms with van der Waals surface area (Å²) in [5.41, 5.74) is 2.47. The Bertz CT molecular complexity index is 878. The van der Waals surface area contributed by atoms with Crippen LogP contribution in [0.25, 0.3) is 0 Å². The molecular weight excluding hydrogens is 357 g/mol. The van der Waals surface area contributed by atoms with E-state index in [1.165, 1.54) is 22.0 Å². The van der Waals surface area contributed by atoms with Crippen LogP contribution in [0.1, 0.15) is 37.4 Å². The van der Waals surface area contributed by atoms with E-state index < -0.39 is 0 Å². The van der Waals surface area contributed by atoms with Crippen LogP contribution in [0.4, 0.5) is 4.39 Å². The second-order valence-corrected chi connectivity index (χ2v) is 7.27. The van der Waals surface area contributed by atoms with Gasteiger partial charge in [-0.2, -0.15) is 5.10 Å². The van der Waals surface area contributed by atoms with Gasteiger partial charge in [-0.15, -0.1) is 0 Å². The number of rotatable bonds is 5. The van der Waals surface area contributed by atoms with Crippen molar-refractivity contribution in [3.63, 3.8) is 0 Å². The molecule has 1 aliphatic heterocycles. The summed E-state index contributed by atoms with van der Waals surface area (Å²) in [6.07, 6.45) is 0.531. The molecule has 2 amide bonds. The molecule has 0 fully saturated rings. The van der Waals surface area contributed by atoms with Gasteiger partial charge in [0, 0.05) is 19.4 Å².